The number of rotatable bonds is 17. The number of hydrogen-bond donors (Lipinski definition) is 0. The van der Waals surface area contributed by atoms with E-state index in [-0.39, 0.29) is 0 Å². The van der Waals surface area contributed by atoms with Crippen molar-refractivity contribution >= 4 is 6.21 Å². The first-order chi connectivity index (χ1) is 14.9. The Balaban J connectivity index is 1.45. The Bertz CT molecular complexity index is 663. The molecule has 2 aromatic carbocycles. The molecule has 0 aliphatic heterocycles. The molecule has 0 N–H and O–H groups in total. The standard InChI is InChI=1S/C28H41NO/c1-2-3-4-5-6-7-8-9-10-11-12-16-23-29-24-26-19-21-28(22-20-26)30-25-27-17-14-13-15-18-27/h13-15,17-22,24H,2-12,16,23,25H2,1H3/b29-24+. The van der Waals surface area contributed by atoms with Crippen LogP contribution in [-0.4, -0.2) is 12.8 Å². The van der Waals surface area contributed by atoms with Crippen LogP contribution in [0.15, 0.2) is 59.6 Å². The van der Waals surface area contributed by atoms with Gasteiger partial charge in [0.05, 0.1) is 0 Å². The van der Waals surface area contributed by atoms with Gasteiger partial charge in [-0.3, -0.25) is 4.99 Å². The van der Waals surface area contributed by atoms with Crippen LogP contribution in [0.3, 0.4) is 0 Å². The topological polar surface area (TPSA) is 21.6 Å². The third-order valence-electron chi connectivity index (χ3n) is 5.51. The summed E-state index contributed by atoms with van der Waals surface area (Å²) in [6, 6.07) is 18.5. The first-order valence-electron chi connectivity index (χ1n) is 12.1. The number of unbranched alkanes of at least 4 members (excludes halogenated alkanes) is 11. The van der Waals surface area contributed by atoms with Crippen molar-refractivity contribution in [2.75, 3.05) is 6.54 Å². The summed E-state index contributed by atoms with van der Waals surface area (Å²) in [6.45, 7) is 3.82. The lowest BCUT2D eigenvalue weighted by Gasteiger charge is -2.06. The molecule has 0 heterocycles. The largest absolute Gasteiger partial charge is 0.489 e. The van der Waals surface area contributed by atoms with E-state index < -0.39 is 0 Å². The maximum absolute atomic E-state index is 5.83. The van der Waals surface area contributed by atoms with Gasteiger partial charge in [-0.15, -0.1) is 0 Å². The fourth-order valence-electron chi connectivity index (χ4n) is 3.61. The molecule has 0 aliphatic rings. The van der Waals surface area contributed by atoms with Crippen LogP contribution < -0.4 is 4.74 Å². The SMILES string of the molecule is CCCCCCCCCCCCCC/N=C/c1ccc(OCc2ccccc2)cc1. The molecule has 0 amide bonds. The van der Waals surface area contributed by atoms with E-state index in [2.05, 4.69) is 36.2 Å². The van der Waals surface area contributed by atoms with Crippen molar-refractivity contribution in [3.8, 4) is 5.75 Å². The highest BCUT2D eigenvalue weighted by atomic mass is 16.5. The van der Waals surface area contributed by atoms with E-state index in [1.807, 2.05) is 36.5 Å². The molecular weight excluding hydrogens is 366 g/mol. The number of nitrogens with zero attached hydrogens (tertiary/aromatic N) is 1. The number of benzene rings is 2. The van der Waals surface area contributed by atoms with Crippen LogP contribution in [0, 0.1) is 0 Å². The van der Waals surface area contributed by atoms with E-state index in [4.69, 9.17) is 4.74 Å². The number of ether oxygens (including phenoxy) is 1. The summed E-state index contributed by atoms with van der Waals surface area (Å²) in [7, 11) is 0. The Morgan fingerprint density at radius 3 is 1.83 bits per heavy atom. The zero-order valence-corrected chi connectivity index (χ0v) is 19.0. The molecular formula is C28H41NO. The normalized spacial score (nSPS) is 11.2. The van der Waals surface area contributed by atoms with Crippen LogP contribution in [0.4, 0.5) is 0 Å². The van der Waals surface area contributed by atoms with Gasteiger partial charge in [-0.2, -0.15) is 0 Å². The van der Waals surface area contributed by atoms with Gasteiger partial charge in [-0.1, -0.05) is 108 Å². The maximum Gasteiger partial charge on any atom is 0.119 e. The molecule has 0 unspecified atom stereocenters. The van der Waals surface area contributed by atoms with Gasteiger partial charge in [0.1, 0.15) is 12.4 Å². The van der Waals surface area contributed by atoms with Gasteiger partial charge in [0.15, 0.2) is 0 Å². The minimum Gasteiger partial charge on any atom is -0.489 e. The van der Waals surface area contributed by atoms with Gasteiger partial charge >= 0.3 is 0 Å². The molecule has 0 fully saturated rings. The van der Waals surface area contributed by atoms with Crippen molar-refractivity contribution in [2.45, 2.75) is 90.6 Å². The highest BCUT2D eigenvalue weighted by Gasteiger charge is 1.96. The number of aliphatic imine (C=N–C) groups is 1. The van der Waals surface area contributed by atoms with E-state index in [0.717, 1.165) is 17.9 Å². The molecule has 2 heteroatoms. The zero-order chi connectivity index (χ0) is 21.1. The van der Waals surface area contributed by atoms with Gasteiger partial charge in [-0.05, 0) is 41.8 Å². The molecule has 0 bridgehead atoms. The molecule has 2 rings (SSSR count). The molecule has 164 valence electrons. The molecule has 2 nitrogen and oxygen atoms in total. The second-order valence-electron chi connectivity index (χ2n) is 8.27. The Morgan fingerprint density at radius 1 is 0.667 bits per heavy atom. The van der Waals surface area contributed by atoms with Crippen molar-refractivity contribution in [3.05, 3.63) is 65.7 Å². The van der Waals surface area contributed by atoms with E-state index in [1.54, 1.807) is 0 Å². The average molecular weight is 408 g/mol. The van der Waals surface area contributed by atoms with Crippen LogP contribution in [0.2, 0.25) is 0 Å². The lowest BCUT2D eigenvalue weighted by molar-refractivity contribution is 0.306. The van der Waals surface area contributed by atoms with Gasteiger partial charge in [0.2, 0.25) is 0 Å². The third-order valence-corrected chi connectivity index (χ3v) is 5.51. The van der Waals surface area contributed by atoms with E-state index in [9.17, 15) is 0 Å². The summed E-state index contributed by atoms with van der Waals surface area (Å²) >= 11 is 0. The van der Waals surface area contributed by atoms with Crippen LogP contribution in [0.25, 0.3) is 0 Å². The molecule has 2 aromatic rings. The van der Waals surface area contributed by atoms with Crippen molar-refractivity contribution in [1.29, 1.82) is 0 Å². The minimum atomic E-state index is 0.604. The summed E-state index contributed by atoms with van der Waals surface area (Å²) in [6.07, 6.45) is 18.6. The van der Waals surface area contributed by atoms with Gasteiger partial charge in [-0.25, -0.2) is 0 Å². The average Bonchev–Trinajstić information content (AvgIpc) is 2.79. The fourth-order valence-corrected chi connectivity index (χ4v) is 3.61. The maximum atomic E-state index is 5.83. The van der Waals surface area contributed by atoms with E-state index in [0.29, 0.717) is 6.61 Å². The summed E-state index contributed by atoms with van der Waals surface area (Å²) in [4.78, 5) is 4.58. The monoisotopic (exact) mass is 407 g/mol. The lowest BCUT2D eigenvalue weighted by Crippen LogP contribution is -1.95. The van der Waals surface area contributed by atoms with E-state index >= 15 is 0 Å². The highest BCUT2D eigenvalue weighted by molar-refractivity contribution is 5.79. The Hall–Kier alpha value is -2.09. The van der Waals surface area contributed by atoms with Crippen molar-refractivity contribution in [1.82, 2.24) is 0 Å². The molecule has 0 saturated carbocycles. The molecule has 0 aliphatic carbocycles. The zero-order valence-electron chi connectivity index (χ0n) is 19.0. The highest BCUT2D eigenvalue weighted by Crippen LogP contribution is 2.14. The molecule has 0 aromatic heterocycles. The smallest absolute Gasteiger partial charge is 0.119 e. The minimum absolute atomic E-state index is 0.604. The Labute approximate surface area is 184 Å². The second kappa shape index (κ2) is 16.7. The van der Waals surface area contributed by atoms with Crippen molar-refractivity contribution in [3.63, 3.8) is 0 Å². The Morgan fingerprint density at radius 2 is 1.23 bits per heavy atom. The quantitative estimate of drug-likeness (QED) is 0.190. The predicted octanol–water partition coefficient (Wildman–Crippen LogP) is 8.39. The van der Waals surface area contributed by atoms with Crippen molar-refractivity contribution < 1.29 is 4.74 Å². The van der Waals surface area contributed by atoms with Crippen LogP contribution in [0.5, 0.6) is 5.75 Å². The molecule has 0 spiro atoms. The lowest BCUT2D eigenvalue weighted by atomic mass is 10.1. The summed E-state index contributed by atoms with van der Waals surface area (Å²) in [5.74, 6) is 0.900. The first-order valence-corrected chi connectivity index (χ1v) is 12.1. The molecule has 30 heavy (non-hydrogen) atoms. The van der Waals surface area contributed by atoms with Gasteiger partial charge in [0.25, 0.3) is 0 Å². The number of hydrogen-bond acceptors (Lipinski definition) is 2. The van der Waals surface area contributed by atoms with E-state index in [1.165, 1.54) is 82.6 Å². The fraction of sp³-hybridized carbons (Fsp3) is 0.536. The van der Waals surface area contributed by atoms with Crippen LogP contribution in [-0.2, 0) is 6.61 Å². The predicted molar refractivity (Wildman–Crippen MR) is 131 cm³/mol. The van der Waals surface area contributed by atoms with Crippen molar-refractivity contribution in [2.24, 2.45) is 4.99 Å². The Kier molecular flexibility index (Phi) is 13.4. The molecule has 0 saturated heterocycles. The summed E-state index contributed by atoms with van der Waals surface area (Å²) in [5.41, 5.74) is 2.33. The molecule has 0 atom stereocenters. The summed E-state index contributed by atoms with van der Waals surface area (Å²) < 4.78 is 5.83. The third kappa shape index (κ3) is 11.8. The second-order valence-corrected chi connectivity index (χ2v) is 8.27. The summed E-state index contributed by atoms with van der Waals surface area (Å²) in [5, 5.41) is 0. The molecule has 0 radical (unpaired) electrons. The first kappa shape index (κ1) is 24.2. The van der Waals surface area contributed by atoms with Crippen LogP contribution >= 0.6 is 0 Å². The van der Waals surface area contributed by atoms with Crippen LogP contribution in [0.1, 0.15) is 95.1 Å². The van der Waals surface area contributed by atoms with Gasteiger partial charge < -0.3 is 4.74 Å². The van der Waals surface area contributed by atoms with Gasteiger partial charge in [0, 0.05) is 12.8 Å².